The van der Waals surface area contributed by atoms with E-state index in [1.807, 2.05) is 30.3 Å². The highest BCUT2D eigenvalue weighted by atomic mass is 19.1. The molecular formula is C21H26FN5O. The molecule has 1 saturated heterocycles. The fraction of sp³-hybridized carbons (Fsp3) is 0.333. The number of nitrogens with zero attached hydrogens (tertiary/aromatic N) is 3. The lowest BCUT2D eigenvalue weighted by Crippen LogP contribution is -2.53. The number of piperazine rings is 1. The van der Waals surface area contributed by atoms with Gasteiger partial charge in [-0.1, -0.05) is 30.3 Å². The second kappa shape index (κ2) is 9.73. The number of guanidine groups is 1. The zero-order chi connectivity index (χ0) is 19.8. The summed E-state index contributed by atoms with van der Waals surface area (Å²) >= 11 is 0. The summed E-state index contributed by atoms with van der Waals surface area (Å²) in [6, 6.07) is 16.4. The molecule has 6 nitrogen and oxygen atoms in total. The van der Waals surface area contributed by atoms with E-state index < -0.39 is 0 Å². The topological polar surface area (TPSA) is 60.0 Å². The summed E-state index contributed by atoms with van der Waals surface area (Å²) in [6.45, 7) is 3.87. The molecule has 3 rings (SSSR count). The lowest BCUT2D eigenvalue weighted by atomic mass is 10.2. The highest BCUT2D eigenvalue weighted by molar-refractivity contribution is 5.86. The minimum Gasteiger partial charge on any atom is -0.368 e. The van der Waals surface area contributed by atoms with E-state index in [0.717, 1.165) is 37.4 Å². The van der Waals surface area contributed by atoms with E-state index in [2.05, 4.69) is 25.4 Å². The lowest BCUT2D eigenvalue weighted by Gasteiger charge is -2.37. The molecule has 2 aromatic carbocycles. The summed E-state index contributed by atoms with van der Waals surface area (Å²) in [5.74, 6) is 0.418. The van der Waals surface area contributed by atoms with E-state index in [1.54, 1.807) is 19.2 Å². The van der Waals surface area contributed by atoms with Gasteiger partial charge in [-0.2, -0.15) is 0 Å². The van der Waals surface area contributed by atoms with Crippen LogP contribution in [0.5, 0.6) is 0 Å². The molecule has 1 aliphatic heterocycles. The molecule has 28 heavy (non-hydrogen) atoms. The van der Waals surface area contributed by atoms with Crippen molar-refractivity contribution in [1.29, 1.82) is 0 Å². The molecule has 2 aromatic rings. The highest BCUT2D eigenvalue weighted by Gasteiger charge is 2.20. The molecule has 148 valence electrons. The zero-order valence-electron chi connectivity index (χ0n) is 16.1. The summed E-state index contributed by atoms with van der Waals surface area (Å²) < 4.78 is 13.1. The van der Waals surface area contributed by atoms with Gasteiger partial charge >= 0.3 is 0 Å². The van der Waals surface area contributed by atoms with Crippen LogP contribution in [0.1, 0.15) is 5.56 Å². The molecule has 0 aromatic heterocycles. The van der Waals surface area contributed by atoms with Crippen molar-refractivity contribution in [3.8, 4) is 0 Å². The van der Waals surface area contributed by atoms with Crippen LogP contribution in [-0.2, 0) is 11.3 Å². The molecule has 2 N–H and O–H groups in total. The van der Waals surface area contributed by atoms with Crippen molar-refractivity contribution >= 4 is 17.6 Å². The average molecular weight is 383 g/mol. The van der Waals surface area contributed by atoms with Gasteiger partial charge in [0.05, 0.1) is 6.54 Å². The average Bonchev–Trinajstić information content (AvgIpc) is 2.74. The third-order valence-corrected chi connectivity index (χ3v) is 4.72. The van der Waals surface area contributed by atoms with Crippen LogP contribution >= 0.6 is 0 Å². The summed E-state index contributed by atoms with van der Waals surface area (Å²) in [4.78, 5) is 20.7. The van der Waals surface area contributed by atoms with Crippen LogP contribution in [0.4, 0.5) is 10.1 Å². The number of carbonyl (C=O) groups excluding carboxylic acids is 1. The van der Waals surface area contributed by atoms with Gasteiger partial charge in [0.2, 0.25) is 5.91 Å². The van der Waals surface area contributed by atoms with Crippen LogP contribution in [0, 0.1) is 5.82 Å². The third-order valence-electron chi connectivity index (χ3n) is 4.72. The predicted molar refractivity (Wildman–Crippen MR) is 110 cm³/mol. The van der Waals surface area contributed by atoms with Gasteiger partial charge in [0.15, 0.2) is 5.96 Å². The van der Waals surface area contributed by atoms with Crippen LogP contribution in [0.3, 0.4) is 0 Å². The summed E-state index contributed by atoms with van der Waals surface area (Å²) in [5, 5.41) is 6.03. The minimum absolute atomic E-state index is 0.0741. The molecule has 7 heteroatoms. The van der Waals surface area contributed by atoms with Crippen LogP contribution in [-0.4, -0.2) is 56.5 Å². The Kier molecular flexibility index (Phi) is 6.84. The molecule has 0 aliphatic carbocycles. The molecule has 0 atom stereocenters. The quantitative estimate of drug-likeness (QED) is 0.611. The Morgan fingerprint density at radius 3 is 2.32 bits per heavy atom. The summed E-state index contributed by atoms with van der Waals surface area (Å²) in [7, 11) is 1.72. The van der Waals surface area contributed by atoms with Crippen LogP contribution < -0.4 is 15.5 Å². The van der Waals surface area contributed by atoms with Crippen LogP contribution in [0.25, 0.3) is 0 Å². The molecule has 0 bridgehead atoms. The largest absolute Gasteiger partial charge is 0.368 e. The monoisotopic (exact) mass is 383 g/mol. The number of nitrogens with one attached hydrogen (secondary N) is 2. The predicted octanol–water partition coefficient (Wildman–Crippen LogP) is 1.84. The molecular weight excluding hydrogens is 357 g/mol. The Morgan fingerprint density at radius 1 is 1.00 bits per heavy atom. The normalized spacial score (nSPS) is 14.7. The zero-order valence-corrected chi connectivity index (χ0v) is 16.1. The Bertz CT molecular complexity index is 786. The first-order valence-corrected chi connectivity index (χ1v) is 9.42. The number of halogens is 1. The van der Waals surface area contributed by atoms with Gasteiger partial charge in [0, 0.05) is 45.5 Å². The molecule has 1 amide bonds. The van der Waals surface area contributed by atoms with Crippen molar-refractivity contribution in [2.24, 2.45) is 4.99 Å². The van der Waals surface area contributed by atoms with E-state index in [9.17, 15) is 9.18 Å². The Morgan fingerprint density at radius 2 is 1.68 bits per heavy atom. The second-order valence-electron chi connectivity index (χ2n) is 6.61. The maximum atomic E-state index is 13.1. The first kappa shape index (κ1) is 19.7. The molecule has 1 heterocycles. The third kappa shape index (κ3) is 5.45. The Labute approximate surface area is 165 Å². The number of carbonyl (C=O) groups is 1. The SMILES string of the molecule is CN=C(NCC(=O)NCc1ccccc1)N1CCN(c2ccc(F)cc2)CC1. The first-order valence-electron chi connectivity index (χ1n) is 9.42. The number of hydrogen-bond acceptors (Lipinski definition) is 3. The highest BCUT2D eigenvalue weighted by Crippen LogP contribution is 2.16. The van der Waals surface area contributed by atoms with Gasteiger partial charge in [0.1, 0.15) is 5.82 Å². The van der Waals surface area contributed by atoms with Crippen molar-refractivity contribution < 1.29 is 9.18 Å². The standard InChI is InChI=1S/C21H26FN5O/c1-23-21(25-16-20(28)24-15-17-5-3-2-4-6-17)27-13-11-26(12-14-27)19-9-7-18(22)8-10-19/h2-10H,11-16H2,1H3,(H,23,25)(H,24,28). The van der Waals surface area contributed by atoms with E-state index in [0.29, 0.717) is 12.5 Å². The molecule has 0 radical (unpaired) electrons. The number of hydrogen-bond donors (Lipinski definition) is 2. The fourth-order valence-electron chi connectivity index (χ4n) is 3.18. The van der Waals surface area contributed by atoms with E-state index in [1.165, 1.54) is 12.1 Å². The first-order chi connectivity index (χ1) is 13.7. The van der Waals surface area contributed by atoms with Crippen molar-refractivity contribution in [3.05, 3.63) is 66.0 Å². The Balaban J connectivity index is 1.43. The van der Waals surface area contributed by atoms with Crippen LogP contribution in [0.15, 0.2) is 59.6 Å². The van der Waals surface area contributed by atoms with Crippen molar-refractivity contribution in [3.63, 3.8) is 0 Å². The summed E-state index contributed by atoms with van der Waals surface area (Å²) in [5.41, 5.74) is 2.08. The van der Waals surface area contributed by atoms with Gasteiger partial charge < -0.3 is 20.4 Å². The maximum absolute atomic E-state index is 13.1. The molecule has 1 fully saturated rings. The number of rotatable bonds is 5. The summed E-state index contributed by atoms with van der Waals surface area (Å²) in [6.07, 6.45) is 0. The maximum Gasteiger partial charge on any atom is 0.239 e. The van der Waals surface area contributed by atoms with Crippen LogP contribution in [0.2, 0.25) is 0 Å². The number of aliphatic imine (C=N–C) groups is 1. The number of anilines is 1. The number of amides is 1. The molecule has 1 aliphatic rings. The van der Waals surface area contributed by atoms with Gasteiger partial charge in [0.25, 0.3) is 0 Å². The van der Waals surface area contributed by atoms with E-state index in [4.69, 9.17) is 0 Å². The Hall–Kier alpha value is -3.09. The molecule has 0 saturated carbocycles. The molecule has 0 spiro atoms. The van der Waals surface area contributed by atoms with Gasteiger partial charge in [-0.15, -0.1) is 0 Å². The van der Waals surface area contributed by atoms with E-state index in [-0.39, 0.29) is 18.3 Å². The minimum atomic E-state index is -0.225. The number of benzene rings is 2. The fourth-order valence-corrected chi connectivity index (χ4v) is 3.18. The van der Waals surface area contributed by atoms with Gasteiger partial charge in [-0.3, -0.25) is 9.79 Å². The second-order valence-corrected chi connectivity index (χ2v) is 6.61. The van der Waals surface area contributed by atoms with Gasteiger partial charge in [-0.25, -0.2) is 4.39 Å². The van der Waals surface area contributed by atoms with Crippen molar-refractivity contribution in [1.82, 2.24) is 15.5 Å². The van der Waals surface area contributed by atoms with Crippen molar-refractivity contribution in [2.45, 2.75) is 6.54 Å². The van der Waals surface area contributed by atoms with Crippen molar-refractivity contribution in [2.75, 3.05) is 44.7 Å². The smallest absolute Gasteiger partial charge is 0.239 e. The van der Waals surface area contributed by atoms with E-state index >= 15 is 0 Å². The lowest BCUT2D eigenvalue weighted by molar-refractivity contribution is -0.120. The van der Waals surface area contributed by atoms with Gasteiger partial charge in [-0.05, 0) is 29.8 Å². The molecule has 0 unspecified atom stereocenters.